The summed E-state index contributed by atoms with van der Waals surface area (Å²) in [6, 6.07) is 13.4. The molecule has 0 aromatic heterocycles. The van der Waals surface area contributed by atoms with Crippen LogP contribution in [-0.2, 0) is 21.6 Å². The fraction of sp³-hybridized carbons (Fsp3) is 0.333. The van der Waals surface area contributed by atoms with Gasteiger partial charge in [0.15, 0.2) is 0 Å². The van der Waals surface area contributed by atoms with Crippen molar-refractivity contribution in [1.29, 1.82) is 0 Å². The predicted octanol–water partition coefficient (Wildman–Crippen LogP) is 3.23. The number of carbonyl (C=O) groups is 2. The normalized spacial score (nSPS) is 16.1. The first-order valence-electron chi connectivity index (χ1n) is 8.83. The zero-order valence-electron chi connectivity index (χ0n) is 15.2. The number of likely N-dealkylation sites (tertiary alicyclic amines) is 1. The molecule has 1 N–H and O–H groups in total. The largest absolute Gasteiger partial charge is 0.481 e. The minimum atomic E-state index is -0.984. The molecule has 3 rings (SSSR count). The number of rotatable bonds is 5. The van der Waals surface area contributed by atoms with Crippen LogP contribution in [0.25, 0.3) is 0 Å². The second kappa shape index (κ2) is 7.88. The molecule has 142 valence electrons. The summed E-state index contributed by atoms with van der Waals surface area (Å²) in [6.45, 7) is 0.747. The minimum Gasteiger partial charge on any atom is -0.481 e. The summed E-state index contributed by atoms with van der Waals surface area (Å²) >= 11 is 0. The number of ether oxygens (including phenoxy) is 1. The summed E-state index contributed by atoms with van der Waals surface area (Å²) < 4.78 is 18.7. The van der Waals surface area contributed by atoms with E-state index in [1.807, 2.05) is 30.3 Å². The van der Waals surface area contributed by atoms with Gasteiger partial charge in [0, 0.05) is 31.3 Å². The summed E-state index contributed by atoms with van der Waals surface area (Å²) in [6.07, 6.45) is 0.675. The second-order valence-corrected chi connectivity index (χ2v) is 6.78. The van der Waals surface area contributed by atoms with E-state index in [0.717, 1.165) is 5.56 Å². The van der Waals surface area contributed by atoms with Crippen LogP contribution in [0.3, 0.4) is 0 Å². The molecule has 1 aliphatic rings. The third-order valence-corrected chi connectivity index (χ3v) is 5.23. The molecule has 2 aromatic carbocycles. The van der Waals surface area contributed by atoms with Crippen LogP contribution in [0.1, 0.15) is 34.3 Å². The maximum atomic E-state index is 13.8. The maximum absolute atomic E-state index is 13.8. The van der Waals surface area contributed by atoms with E-state index >= 15 is 0 Å². The maximum Gasteiger partial charge on any atom is 0.314 e. The van der Waals surface area contributed by atoms with Crippen LogP contribution >= 0.6 is 0 Å². The van der Waals surface area contributed by atoms with Crippen molar-refractivity contribution in [3.05, 3.63) is 71.0 Å². The molecule has 0 bridgehead atoms. The van der Waals surface area contributed by atoms with Gasteiger partial charge in [0.1, 0.15) is 5.82 Å². The van der Waals surface area contributed by atoms with Gasteiger partial charge in [-0.05, 0) is 36.6 Å². The van der Waals surface area contributed by atoms with Crippen molar-refractivity contribution in [1.82, 2.24) is 4.90 Å². The number of amides is 1. The lowest BCUT2D eigenvalue weighted by atomic mass is 9.72. The van der Waals surface area contributed by atoms with Crippen LogP contribution in [-0.4, -0.2) is 42.1 Å². The quantitative estimate of drug-likeness (QED) is 0.876. The molecule has 0 atom stereocenters. The lowest BCUT2D eigenvalue weighted by molar-refractivity contribution is -0.145. The molecule has 1 saturated heterocycles. The lowest BCUT2D eigenvalue weighted by Crippen LogP contribution is -2.49. The number of carbonyl (C=O) groups excluding carboxylic acids is 1. The van der Waals surface area contributed by atoms with Gasteiger partial charge in [0.25, 0.3) is 5.91 Å². The van der Waals surface area contributed by atoms with Gasteiger partial charge < -0.3 is 14.7 Å². The highest BCUT2D eigenvalue weighted by atomic mass is 19.1. The Kier molecular flexibility index (Phi) is 5.56. The van der Waals surface area contributed by atoms with Crippen molar-refractivity contribution in [2.24, 2.45) is 0 Å². The summed E-state index contributed by atoms with van der Waals surface area (Å²) in [5, 5.41) is 9.85. The van der Waals surface area contributed by atoms with Gasteiger partial charge in [-0.25, -0.2) is 4.39 Å². The topological polar surface area (TPSA) is 66.8 Å². The van der Waals surface area contributed by atoms with Crippen LogP contribution in [0.5, 0.6) is 0 Å². The number of aliphatic carboxylic acids is 1. The number of halogens is 1. The average Bonchev–Trinajstić information content (AvgIpc) is 2.70. The molecule has 0 unspecified atom stereocenters. The number of methoxy groups -OCH3 is 1. The Bertz CT molecular complexity index is 829. The molecule has 1 amide bonds. The highest BCUT2D eigenvalue weighted by Crippen LogP contribution is 2.36. The van der Waals surface area contributed by atoms with Gasteiger partial charge in [-0.2, -0.15) is 0 Å². The average molecular weight is 371 g/mol. The first-order chi connectivity index (χ1) is 13.0. The first kappa shape index (κ1) is 19.0. The van der Waals surface area contributed by atoms with Crippen LogP contribution in [0.4, 0.5) is 4.39 Å². The third kappa shape index (κ3) is 3.71. The van der Waals surface area contributed by atoms with E-state index in [-0.39, 0.29) is 12.5 Å². The van der Waals surface area contributed by atoms with Gasteiger partial charge in [-0.1, -0.05) is 30.3 Å². The van der Waals surface area contributed by atoms with Gasteiger partial charge >= 0.3 is 5.97 Å². The van der Waals surface area contributed by atoms with Crippen LogP contribution < -0.4 is 0 Å². The molecule has 27 heavy (non-hydrogen) atoms. The minimum absolute atomic E-state index is 0.0864. The van der Waals surface area contributed by atoms with Crippen LogP contribution in [0, 0.1) is 5.82 Å². The molecule has 0 aliphatic carbocycles. The predicted molar refractivity (Wildman–Crippen MR) is 98.0 cm³/mol. The Morgan fingerprint density at radius 3 is 2.41 bits per heavy atom. The van der Waals surface area contributed by atoms with Gasteiger partial charge in [-0.15, -0.1) is 0 Å². The van der Waals surface area contributed by atoms with Gasteiger partial charge in [-0.3, -0.25) is 9.59 Å². The Hall–Kier alpha value is -2.73. The molecule has 0 radical (unpaired) electrons. The standard InChI is InChI=1S/C21H22FNO4/c1-27-14-16-13-15(7-8-18(16)22)19(24)23-11-9-21(10-12-23,20(25)26)17-5-3-2-4-6-17/h2-8,13H,9-12,14H2,1H3,(H,25,26). The number of hydrogen-bond acceptors (Lipinski definition) is 3. The summed E-state index contributed by atoms with van der Waals surface area (Å²) in [5.41, 5.74) is 0.478. The van der Waals surface area contributed by atoms with Gasteiger partial charge in [0.05, 0.1) is 12.0 Å². The van der Waals surface area contributed by atoms with E-state index in [2.05, 4.69) is 0 Å². The van der Waals surface area contributed by atoms with Crippen molar-refractivity contribution in [3.63, 3.8) is 0 Å². The number of carboxylic acids is 1. The molecule has 0 spiro atoms. The zero-order valence-corrected chi connectivity index (χ0v) is 15.2. The monoisotopic (exact) mass is 371 g/mol. The van der Waals surface area contributed by atoms with E-state index < -0.39 is 17.2 Å². The molecule has 1 aliphatic heterocycles. The van der Waals surface area contributed by atoms with Gasteiger partial charge in [0.2, 0.25) is 0 Å². The molecule has 2 aromatic rings. The van der Waals surface area contributed by atoms with E-state index in [9.17, 15) is 19.1 Å². The van der Waals surface area contributed by atoms with Crippen LogP contribution in [0.15, 0.2) is 48.5 Å². The number of piperidine rings is 1. The summed E-state index contributed by atoms with van der Waals surface area (Å²) in [4.78, 5) is 26.5. The molecular formula is C21H22FNO4. The number of hydrogen-bond donors (Lipinski definition) is 1. The molecule has 0 saturated carbocycles. The van der Waals surface area contributed by atoms with Crippen molar-refractivity contribution in [2.75, 3.05) is 20.2 Å². The fourth-order valence-corrected chi connectivity index (χ4v) is 3.63. The highest BCUT2D eigenvalue weighted by molar-refractivity contribution is 5.94. The van der Waals surface area contributed by atoms with E-state index in [4.69, 9.17) is 4.74 Å². The van der Waals surface area contributed by atoms with E-state index in [1.54, 1.807) is 4.90 Å². The van der Waals surface area contributed by atoms with Crippen molar-refractivity contribution in [2.45, 2.75) is 24.9 Å². The first-order valence-corrected chi connectivity index (χ1v) is 8.83. The molecule has 1 heterocycles. The number of benzene rings is 2. The Morgan fingerprint density at radius 2 is 1.81 bits per heavy atom. The molecule has 5 nitrogen and oxygen atoms in total. The van der Waals surface area contributed by atoms with Crippen molar-refractivity contribution < 1.29 is 23.8 Å². The van der Waals surface area contributed by atoms with Crippen molar-refractivity contribution in [3.8, 4) is 0 Å². The Labute approximate surface area is 157 Å². The SMILES string of the molecule is COCc1cc(C(=O)N2CCC(C(=O)O)(c3ccccc3)CC2)ccc1F. The highest BCUT2D eigenvalue weighted by Gasteiger charge is 2.43. The number of carboxylic acid groups (broad SMARTS) is 1. The second-order valence-electron chi connectivity index (χ2n) is 6.78. The smallest absolute Gasteiger partial charge is 0.314 e. The third-order valence-electron chi connectivity index (χ3n) is 5.23. The zero-order chi connectivity index (χ0) is 19.4. The fourth-order valence-electron chi connectivity index (χ4n) is 3.63. The molecule has 1 fully saturated rings. The summed E-state index contributed by atoms with van der Waals surface area (Å²) in [7, 11) is 1.47. The van der Waals surface area contributed by atoms with Crippen molar-refractivity contribution >= 4 is 11.9 Å². The van der Waals surface area contributed by atoms with E-state index in [0.29, 0.717) is 37.1 Å². The van der Waals surface area contributed by atoms with Crippen LogP contribution in [0.2, 0.25) is 0 Å². The molecule has 6 heteroatoms. The Balaban J connectivity index is 1.78. The van der Waals surface area contributed by atoms with E-state index in [1.165, 1.54) is 25.3 Å². The molecular weight excluding hydrogens is 349 g/mol. The summed E-state index contributed by atoms with van der Waals surface area (Å²) in [5.74, 6) is -1.51. The Morgan fingerprint density at radius 1 is 1.15 bits per heavy atom. The lowest BCUT2D eigenvalue weighted by Gasteiger charge is -2.39. The number of nitrogens with zero attached hydrogens (tertiary/aromatic N) is 1.